The van der Waals surface area contributed by atoms with Crippen LogP contribution in [-0.2, 0) is 0 Å². The highest BCUT2D eigenvalue weighted by Gasteiger charge is 2.17. The Morgan fingerprint density at radius 3 is 2.78 bits per heavy atom. The molecule has 3 rings (SSSR count). The van der Waals surface area contributed by atoms with Crippen LogP contribution in [0.1, 0.15) is 49.4 Å². The monoisotopic (exact) mass is 311 g/mol. The van der Waals surface area contributed by atoms with E-state index >= 15 is 0 Å². The fourth-order valence-corrected chi connectivity index (χ4v) is 3.31. The number of hydrogen-bond acceptors (Lipinski definition) is 3. The molecule has 0 spiro atoms. The van der Waals surface area contributed by atoms with Gasteiger partial charge in [0.2, 0.25) is 0 Å². The summed E-state index contributed by atoms with van der Waals surface area (Å²) in [6.45, 7) is 4.53. The highest BCUT2D eigenvalue weighted by atomic mass is 16.1. The van der Waals surface area contributed by atoms with E-state index in [-0.39, 0.29) is 5.78 Å². The molecule has 4 heteroatoms. The van der Waals surface area contributed by atoms with Gasteiger partial charge in [0.1, 0.15) is 0 Å². The molecule has 1 aromatic carbocycles. The Kier molecular flexibility index (Phi) is 5.23. The summed E-state index contributed by atoms with van der Waals surface area (Å²) in [5, 5.41) is 0. The Bertz CT molecular complexity index is 619. The number of aromatic nitrogens is 2. The Morgan fingerprint density at radius 2 is 2.09 bits per heavy atom. The van der Waals surface area contributed by atoms with Crippen LogP contribution >= 0.6 is 0 Å². The summed E-state index contributed by atoms with van der Waals surface area (Å²) in [7, 11) is 0. The van der Waals surface area contributed by atoms with Crippen molar-refractivity contribution in [3.63, 3.8) is 0 Å². The number of ketones is 1. The van der Waals surface area contributed by atoms with Crippen molar-refractivity contribution < 1.29 is 4.79 Å². The van der Waals surface area contributed by atoms with Gasteiger partial charge in [-0.1, -0.05) is 6.42 Å². The summed E-state index contributed by atoms with van der Waals surface area (Å²) in [5.74, 6) is 0.242. The molecule has 4 nitrogen and oxygen atoms in total. The van der Waals surface area contributed by atoms with E-state index in [1.807, 2.05) is 35.0 Å². The molecule has 0 amide bonds. The molecule has 0 aliphatic carbocycles. The maximum atomic E-state index is 12.3. The van der Waals surface area contributed by atoms with Gasteiger partial charge in [0.15, 0.2) is 5.78 Å². The Hall–Kier alpha value is -1.94. The molecule has 122 valence electrons. The normalized spacial score (nSPS) is 18.9. The van der Waals surface area contributed by atoms with Gasteiger partial charge in [0, 0.05) is 36.1 Å². The van der Waals surface area contributed by atoms with Crippen LogP contribution in [0.4, 0.5) is 0 Å². The lowest BCUT2D eigenvalue weighted by Gasteiger charge is -2.33. The van der Waals surface area contributed by atoms with Crippen molar-refractivity contribution in [1.29, 1.82) is 0 Å². The SMILES string of the molecule is CC1CCCCN1CCCC(=O)c1ccc(-n2ccnc2)cc1. The van der Waals surface area contributed by atoms with Gasteiger partial charge >= 0.3 is 0 Å². The summed E-state index contributed by atoms with van der Waals surface area (Å²) >= 11 is 0. The number of likely N-dealkylation sites (tertiary alicyclic amines) is 1. The lowest BCUT2D eigenvalue weighted by molar-refractivity contribution is 0.0964. The van der Waals surface area contributed by atoms with E-state index in [0.29, 0.717) is 12.5 Å². The molecule has 23 heavy (non-hydrogen) atoms. The van der Waals surface area contributed by atoms with Gasteiger partial charge in [-0.3, -0.25) is 4.79 Å². The third-order valence-corrected chi connectivity index (χ3v) is 4.78. The van der Waals surface area contributed by atoms with E-state index in [4.69, 9.17) is 0 Å². The molecular formula is C19H25N3O. The third-order valence-electron chi connectivity index (χ3n) is 4.78. The van der Waals surface area contributed by atoms with Crippen LogP contribution in [0.5, 0.6) is 0 Å². The van der Waals surface area contributed by atoms with E-state index in [0.717, 1.165) is 24.2 Å². The van der Waals surface area contributed by atoms with Gasteiger partial charge in [-0.15, -0.1) is 0 Å². The average molecular weight is 311 g/mol. The highest BCUT2D eigenvalue weighted by Crippen LogP contribution is 2.17. The largest absolute Gasteiger partial charge is 0.306 e. The van der Waals surface area contributed by atoms with Gasteiger partial charge in [-0.2, -0.15) is 0 Å². The molecule has 2 heterocycles. The molecule has 0 bridgehead atoms. The lowest BCUT2D eigenvalue weighted by Crippen LogP contribution is -2.38. The van der Waals surface area contributed by atoms with Gasteiger partial charge in [-0.25, -0.2) is 4.98 Å². The van der Waals surface area contributed by atoms with Crippen LogP contribution in [0, 0.1) is 0 Å². The first-order valence-electron chi connectivity index (χ1n) is 8.60. The van der Waals surface area contributed by atoms with Crippen LogP contribution < -0.4 is 0 Å². The molecule has 1 saturated heterocycles. The first-order chi connectivity index (χ1) is 11.2. The van der Waals surface area contributed by atoms with Crippen molar-refractivity contribution in [2.45, 2.75) is 45.1 Å². The predicted octanol–water partition coefficient (Wildman–Crippen LogP) is 3.71. The zero-order valence-electron chi connectivity index (χ0n) is 13.8. The first-order valence-corrected chi connectivity index (χ1v) is 8.60. The minimum atomic E-state index is 0.242. The van der Waals surface area contributed by atoms with E-state index in [1.54, 1.807) is 12.5 Å². The molecule has 1 fully saturated rings. The first kappa shape index (κ1) is 15.9. The Morgan fingerprint density at radius 1 is 1.26 bits per heavy atom. The zero-order chi connectivity index (χ0) is 16.1. The van der Waals surface area contributed by atoms with E-state index < -0.39 is 0 Å². The summed E-state index contributed by atoms with van der Waals surface area (Å²) in [5.41, 5.74) is 1.83. The van der Waals surface area contributed by atoms with E-state index in [2.05, 4.69) is 16.8 Å². The molecular weight excluding hydrogens is 286 g/mol. The molecule has 0 N–H and O–H groups in total. The summed E-state index contributed by atoms with van der Waals surface area (Å²) in [6.07, 6.45) is 10.9. The Balaban J connectivity index is 1.50. The number of imidazole rings is 1. The summed E-state index contributed by atoms with van der Waals surface area (Å²) < 4.78 is 1.94. The molecule has 1 unspecified atom stereocenters. The second-order valence-electron chi connectivity index (χ2n) is 6.42. The number of hydrogen-bond donors (Lipinski definition) is 0. The van der Waals surface area contributed by atoms with Crippen LogP contribution in [0.25, 0.3) is 5.69 Å². The number of piperidine rings is 1. The molecule has 1 aliphatic heterocycles. The average Bonchev–Trinajstić information content (AvgIpc) is 3.11. The molecule has 0 saturated carbocycles. The number of Topliss-reactive ketones (excluding diaryl/α,β-unsaturated/α-hetero) is 1. The standard InChI is InChI=1S/C19H25N3O/c1-16-5-2-3-12-21(16)13-4-6-19(23)17-7-9-18(10-8-17)22-14-11-20-15-22/h7-11,14-16H,2-6,12-13H2,1H3. The fourth-order valence-electron chi connectivity index (χ4n) is 3.31. The fraction of sp³-hybridized carbons (Fsp3) is 0.474. The van der Waals surface area contributed by atoms with Crippen LogP contribution in [-0.4, -0.2) is 39.4 Å². The van der Waals surface area contributed by atoms with Crippen LogP contribution in [0.3, 0.4) is 0 Å². The van der Waals surface area contributed by atoms with Crippen molar-refractivity contribution in [3.8, 4) is 5.69 Å². The van der Waals surface area contributed by atoms with Gasteiger partial charge < -0.3 is 9.47 Å². The van der Waals surface area contributed by atoms with Crippen LogP contribution in [0.15, 0.2) is 43.0 Å². The number of rotatable bonds is 6. The van der Waals surface area contributed by atoms with E-state index in [9.17, 15) is 4.79 Å². The van der Waals surface area contributed by atoms with Gasteiger partial charge in [0.25, 0.3) is 0 Å². The van der Waals surface area contributed by atoms with Crippen LogP contribution in [0.2, 0.25) is 0 Å². The molecule has 1 aliphatic rings. The number of carbonyl (C=O) groups excluding carboxylic acids is 1. The lowest BCUT2D eigenvalue weighted by atomic mass is 10.0. The molecule has 2 aromatic rings. The van der Waals surface area contributed by atoms with Crippen molar-refractivity contribution in [2.24, 2.45) is 0 Å². The Labute approximate surface area is 138 Å². The second kappa shape index (κ2) is 7.55. The minimum Gasteiger partial charge on any atom is -0.306 e. The maximum Gasteiger partial charge on any atom is 0.162 e. The van der Waals surface area contributed by atoms with Gasteiger partial charge in [0.05, 0.1) is 6.33 Å². The quantitative estimate of drug-likeness (QED) is 0.763. The van der Waals surface area contributed by atoms with Gasteiger partial charge in [-0.05, 0) is 63.5 Å². The number of carbonyl (C=O) groups is 1. The number of nitrogens with zero attached hydrogens (tertiary/aromatic N) is 3. The molecule has 1 atom stereocenters. The van der Waals surface area contributed by atoms with Crippen molar-refractivity contribution >= 4 is 5.78 Å². The highest BCUT2D eigenvalue weighted by molar-refractivity contribution is 5.96. The number of benzene rings is 1. The molecule has 1 aromatic heterocycles. The maximum absolute atomic E-state index is 12.3. The smallest absolute Gasteiger partial charge is 0.162 e. The third kappa shape index (κ3) is 4.08. The zero-order valence-corrected chi connectivity index (χ0v) is 13.8. The minimum absolute atomic E-state index is 0.242. The summed E-state index contributed by atoms with van der Waals surface area (Å²) in [6, 6.07) is 8.46. The van der Waals surface area contributed by atoms with E-state index in [1.165, 1.54) is 25.8 Å². The van der Waals surface area contributed by atoms with Crippen molar-refractivity contribution in [1.82, 2.24) is 14.5 Å². The van der Waals surface area contributed by atoms with Crippen molar-refractivity contribution in [3.05, 3.63) is 48.5 Å². The predicted molar refractivity (Wildman–Crippen MR) is 92.0 cm³/mol. The van der Waals surface area contributed by atoms with Crippen molar-refractivity contribution in [2.75, 3.05) is 13.1 Å². The molecule has 0 radical (unpaired) electrons. The topological polar surface area (TPSA) is 38.1 Å². The summed E-state index contributed by atoms with van der Waals surface area (Å²) in [4.78, 5) is 18.9. The second-order valence-corrected chi connectivity index (χ2v) is 6.42.